The molecule has 4 heteroatoms. The summed E-state index contributed by atoms with van der Waals surface area (Å²) in [6.07, 6.45) is 4.18. The molecule has 1 saturated heterocycles. The molecule has 1 unspecified atom stereocenters. The van der Waals surface area contributed by atoms with Crippen LogP contribution < -0.4 is 4.74 Å². The van der Waals surface area contributed by atoms with Crippen LogP contribution in [-0.2, 0) is 9.31 Å². The van der Waals surface area contributed by atoms with Gasteiger partial charge in [-0.1, -0.05) is 37.3 Å². The van der Waals surface area contributed by atoms with Crippen molar-refractivity contribution in [3.63, 3.8) is 0 Å². The molecule has 21 heavy (non-hydrogen) atoms. The van der Waals surface area contributed by atoms with Gasteiger partial charge in [0.05, 0.1) is 18.3 Å². The van der Waals surface area contributed by atoms with Gasteiger partial charge in [0, 0.05) is 11.4 Å². The highest BCUT2D eigenvalue weighted by Gasteiger charge is 2.52. The highest BCUT2D eigenvalue weighted by Crippen LogP contribution is 2.40. The van der Waals surface area contributed by atoms with Gasteiger partial charge >= 0.3 is 7.12 Å². The van der Waals surface area contributed by atoms with Crippen LogP contribution in [0.5, 0.6) is 5.75 Å². The van der Waals surface area contributed by atoms with Crippen molar-refractivity contribution in [1.29, 1.82) is 0 Å². The number of methoxy groups -OCH3 is 1. The third-order valence-corrected chi connectivity index (χ3v) is 4.42. The predicted octanol–water partition coefficient (Wildman–Crippen LogP) is 4.19. The Labute approximate surface area is 128 Å². The van der Waals surface area contributed by atoms with Gasteiger partial charge in [0.2, 0.25) is 0 Å². The van der Waals surface area contributed by atoms with Crippen molar-refractivity contribution in [1.82, 2.24) is 0 Å². The maximum atomic E-state index is 6.07. The smallest absolute Gasteiger partial charge is 0.464 e. The monoisotopic (exact) mass is 288 g/mol. The molecular weight excluding hydrogens is 263 g/mol. The first-order valence-electron chi connectivity index (χ1n) is 7.44. The number of rotatable bonds is 4. The zero-order valence-corrected chi connectivity index (χ0v) is 13.8. The third-order valence-electron chi connectivity index (χ3n) is 4.42. The molecular formula is C17H25BO3. The molecule has 0 aliphatic carbocycles. The molecule has 0 saturated carbocycles. The average Bonchev–Trinajstić information content (AvgIpc) is 2.65. The lowest BCUT2D eigenvalue weighted by atomic mass is 9.73. The number of benzene rings is 1. The van der Waals surface area contributed by atoms with Crippen LogP contribution in [0.1, 0.15) is 40.2 Å². The minimum absolute atomic E-state index is 0.163. The predicted molar refractivity (Wildman–Crippen MR) is 87.5 cm³/mol. The van der Waals surface area contributed by atoms with E-state index in [-0.39, 0.29) is 24.1 Å². The summed E-state index contributed by atoms with van der Waals surface area (Å²) in [5, 5.41) is 0. The molecule has 1 aliphatic heterocycles. The standard InChI is InChI=1S/C17H25BO3/c1-13(18-20-16(2,3)17(4,5)21-18)11-12-14-9-7-8-10-15(14)19-6/h7-13H,1-6H3/b12-11-. The highest BCUT2D eigenvalue weighted by atomic mass is 16.7. The fraction of sp³-hybridized carbons (Fsp3) is 0.529. The maximum Gasteiger partial charge on any atom is 0.464 e. The van der Waals surface area contributed by atoms with E-state index in [1.807, 2.05) is 24.3 Å². The lowest BCUT2D eigenvalue weighted by Crippen LogP contribution is -2.41. The number of para-hydroxylation sites is 1. The number of hydrogen-bond acceptors (Lipinski definition) is 3. The van der Waals surface area contributed by atoms with Gasteiger partial charge in [-0.3, -0.25) is 0 Å². The first kappa shape index (κ1) is 16.1. The number of ether oxygens (including phenoxy) is 1. The van der Waals surface area contributed by atoms with E-state index in [1.54, 1.807) is 7.11 Å². The van der Waals surface area contributed by atoms with Crippen LogP contribution in [0.3, 0.4) is 0 Å². The van der Waals surface area contributed by atoms with E-state index >= 15 is 0 Å². The van der Waals surface area contributed by atoms with Crippen LogP contribution >= 0.6 is 0 Å². The van der Waals surface area contributed by atoms with Crippen molar-refractivity contribution in [2.45, 2.75) is 51.6 Å². The van der Waals surface area contributed by atoms with Crippen LogP contribution in [0, 0.1) is 0 Å². The molecule has 0 amide bonds. The SMILES string of the molecule is COc1ccccc1/C=C\C(C)B1OC(C)(C)C(C)(C)O1. The third kappa shape index (κ3) is 3.33. The zero-order valence-electron chi connectivity index (χ0n) is 13.8. The van der Waals surface area contributed by atoms with Gasteiger partial charge in [-0.15, -0.1) is 0 Å². The summed E-state index contributed by atoms with van der Waals surface area (Å²) in [5.41, 5.74) is 0.484. The number of hydrogen-bond donors (Lipinski definition) is 0. The summed E-state index contributed by atoms with van der Waals surface area (Å²) in [5.74, 6) is 1.03. The molecule has 0 spiro atoms. The minimum Gasteiger partial charge on any atom is -0.496 e. The van der Waals surface area contributed by atoms with Crippen LogP contribution in [0.4, 0.5) is 0 Å². The fourth-order valence-corrected chi connectivity index (χ4v) is 2.25. The van der Waals surface area contributed by atoms with Gasteiger partial charge in [0.1, 0.15) is 5.75 Å². The molecule has 3 nitrogen and oxygen atoms in total. The highest BCUT2D eigenvalue weighted by molar-refractivity contribution is 6.48. The lowest BCUT2D eigenvalue weighted by molar-refractivity contribution is 0.00578. The van der Waals surface area contributed by atoms with E-state index in [0.717, 1.165) is 11.3 Å². The lowest BCUT2D eigenvalue weighted by Gasteiger charge is -2.32. The molecule has 114 valence electrons. The molecule has 2 rings (SSSR count). The average molecular weight is 288 g/mol. The number of allylic oxidation sites excluding steroid dienone is 1. The van der Waals surface area contributed by atoms with Crippen molar-refractivity contribution in [2.75, 3.05) is 7.11 Å². The van der Waals surface area contributed by atoms with Crippen LogP contribution in [0.2, 0.25) is 5.82 Å². The Kier molecular flexibility index (Phi) is 4.50. The molecule has 1 aliphatic rings. The first-order valence-corrected chi connectivity index (χ1v) is 7.44. The molecule has 1 atom stereocenters. The Hall–Kier alpha value is -1.26. The second-order valence-corrected chi connectivity index (χ2v) is 6.58. The van der Waals surface area contributed by atoms with Gasteiger partial charge in [0.15, 0.2) is 0 Å². The van der Waals surface area contributed by atoms with Crippen molar-refractivity contribution < 1.29 is 14.0 Å². The van der Waals surface area contributed by atoms with Gasteiger partial charge in [-0.25, -0.2) is 0 Å². The van der Waals surface area contributed by atoms with E-state index in [1.165, 1.54) is 0 Å². The van der Waals surface area contributed by atoms with Crippen molar-refractivity contribution >= 4 is 13.2 Å². The summed E-state index contributed by atoms with van der Waals surface area (Å²) in [7, 11) is 1.46. The van der Waals surface area contributed by atoms with Crippen LogP contribution in [-0.4, -0.2) is 25.4 Å². The summed E-state index contributed by atoms with van der Waals surface area (Å²) < 4.78 is 17.5. The van der Waals surface area contributed by atoms with Gasteiger partial charge in [0.25, 0.3) is 0 Å². The topological polar surface area (TPSA) is 27.7 Å². The second-order valence-electron chi connectivity index (χ2n) is 6.58. The Bertz CT molecular complexity index is 507. The van der Waals surface area contributed by atoms with Crippen LogP contribution in [0.15, 0.2) is 30.3 Å². The quantitative estimate of drug-likeness (QED) is 0.777. The summed E-state index contributed by atoms with van der Waals surface area (Å²) in [6.45, 7) is 10.4. The van der Waals surface area contributed by atoms with Gasteiger partial charge in [-0.2, -0.15) is 0 Å². The summed E-state index contributed by atoms with van der Waals surface area (Å²) >= 11 is 0. The van der Waals surface area contributed by atoms with E-state index in [9.17, 15) is 0 Å². The summed E-state index contributed by atoms with van der Waals surface area (Å²) in [6, 6.07) is 7.96. The summed E-state index contributed by atoms with van der Waals surface area (Å²) in [4.78, 5) is 0. The van der Waals surface area contributed by atoms with Crippen molar-refractivity contribution in [3.05, 3.63) is 35.9 Å². The Morgan fingerprint density at radius 2 is 1.67 bits per heavy atom. The molecule has 0 bridgehead atoms. The van der Waals surface area contributed by atoms with Crippen LogP contribution in [0.25, 0.3) is 6.08 Å². The van der Waals surface area contributed by atoms with E-state index in [4.69, 9.17) is 14.0 Å². The Morgan fingerprint density at radius 1 is 1.10 bits per heavy atom. The van der Waals surface area contributed by atoms with E-state index in [2.05, 4.69) is 46.8 Å². The Morgan fingerprint density at radius 3 is 2.24 bits per heavy atom. The molecule has 1 aromatic rings. The van der Waals surface area contributed by atoms with E-state index < -0.39 is 0 Å². The molecule has 1 aromatic carbocycles. The van der Waals surface area contributed by atoms with Crippen molar-refractivity contribution in [2.24, 2.45) is 0 Å². The first-order chi connectivity index (χ1) is 9.77. The molecule has 0 N–H and O–H groups in total. The molecule has 0 radical (unpaired) electrons. The van der Waals surface area contributed by atoms with Gasteiger partial charge < -0.3 is 14.0 Å². The minimum atomic E-state index is -0.287. The second kappa shape index (κ2) is 5.86. The zero-order chi connectivity index (χ0) is 15.7. The fourth-order valence-electron chi connectivity index (χ4n) is 2.25. The van der Waals surface area contributed by atoms with Crippen molar-refractivity contribution in [3.8, 4) is 5.75 Å². The Balaban J connectivity index is 2.09. The largest absolute Gasteiger partial charge is 0.496 e. The normalized spacial score (nSPS) is 21.7. The molecule has 1 heterocycles. The molecule has 0 aromatic heterocycles. The maximum absolute atomic E-state index is 6.07. The van der Waals surface area contributed by atoms with Gasteiger partial charge in [-0.05, 0) is 33.8 Å². The molecule has 1 fully saturated rings. The van der Waals surface area contributed by atoms with E-state index in [0.29, 0.717) is 0 Å².